The Morgan fingerprint density at radius 2 is 1.62 bits per heavy atom. The van der Waals surface area contributed by atoms with Gasteiger partial charge < -0.3 is 9.64 Å². The molecule has 0 N–H and O–H groups in total. The first-order chi connectivity index (χ1) is 19.0. The highest BCUT2D eigenvalue weighted by atomic mass is 79.9. The van der Waals surface area contributed by atoms with E-state index in [1.54, 1.807) is 44.2 Å². The number of esters is 1. The van der Waals surface area contributed by atoms with Gasteiger partial charge in [0.1, 0.15) is 5.75 Å². The topological polar surface area (TPSA) is 127 Å². The van der Waals surface area contributed by atoms with E-state index < -0.39 is 16.8 Å². The van der Waals surface area contributed by atoms with Crippen molar-refractivity contribution in [2.45, 2.75) is 36.3 Å². The van der Waals surface area contributed by atoms with Gasteiger partial charge in [-0.2, -0.15) is 0 Å². The summed E-state index contributed by atoms with van der Waals surface area (Å²) in [6.07, 6.45) is 0.769. The highest BCUT2D eigenvalue weighted by molar-refractivity contribution is 9.12. The molecule has 2 aromatic carbocycles. The van der Waals surface area contributed by atoms with Gasteiger partial charge in [0, 0.05) is 34.2 Å². The number of ether oxygens (including phenoxy) is 1. The number of nitrogens with zero attached hydrogens (tertiary/aromatic N) is 3. The maximum absolute atomic E-state index is 13.4. The second-order valence-corrected chi connectivity index (χ2v) is 13.1. The highest BCUT2D eigenvalue weighted by Crippen LogP contribution is 2.60. The van der Waals surface area contributed by atoms with Crippen LogP contribution in [0, 0.1) is 53.6 Å². The Hall–Kier alpha value is -3.12. The summed E-state index contributed by atoms with van der Waals surface area (Å²) >= 11 is 7.40. The van der Waals surface area contributed by atoms with Crippen LogP contribution in [0.3, 0.4) is 0 Å². The van der Waals surface area contributed by atoms with Crippen molar-refractivity contribution in [2.24, 2.45) is 29.6 Å². The predicted octanol–water partition coefficient (Wildman–Crippen LogP) is 4.45. The van der Waals surface area contributed by atoms with Gasteiger partial charge in [-0.05, 0) is 61.9 Å². The molecule has 2 saturated heterocycles. The van der Waals surface area contributed by atoms with Crippen LogP contribution in [-0.2, 0) is 19.2 Å². The van der Waals surface area contributed by atoms with E-state index in [1.165, 1.54) is 15.9 Å². The summed E-state index contributed by atoms with van der Waals surface area (Å²) < 4.78 is 5.58. The van der Waals surface area contributed by atoms with Crippen molar-refractivity contribution in [1.29, 1.82) is 0 Å². The Labute approximate surface area is 246 Å². The van der Waals surface area contributed by atoms with Crippen molar-refractivity contribution in [3.05, 3.63) is 57.6 Å². The Morgan fingerprint density at radius 1 is 0.975 bits per heavy atom. The number of nitro benzene ring substituents is 1. The number of hydrogen-bond acceptors (Lipinski definition) is 7. The van der Waals surface area contributed by atoms with Crippen molar-refractivity contribution in [3.63, 3.8) is 0 Å². The fraction of sp³-hybridized carbons (Fsp3) is 0.429. The maximum Gasteiger partial charge on any atom is 0.316 e. The fourth-order valence-corrected chi connectivity index (χ4v) is 8.68. The monoisotopic (exact) mass is 673 g/mol. The maximum atomic E-state index is 13.4. The average molecular weight is 675 g/mol. The van der Waals surface area contributed by atoms with E-state index in [4.69, 9.17) is 4.74 Å². The summed E-state index contributed by atoms with van der Waals surface area (Å²) in [5.41, 5.74) is 1.82. The smallest absolute Gasteiger partial charge is 0.316 e. The number of hydrogen-bond donors (Lipinski definition) is 0. The first kappa shape index (κ1) is 27.1. The van der Waals surface area contributed by atoms with Crippen molar-refractivity contribution in [3.8, 4) is 5.75 Å². The molecule has 2 aliphatic heterocycles. The molecule has 0 radical (unpaired) electrons. The lowest BCUT2D eigenvalue weighted by Crippen LogP contribution is -2.37. The van der Waals surface area contributed by atoms with Crippen molar-refractivity contribution < 1.29 is 28.8 Å². The van der Waals surface area contributed by atoms with Crippen LogP contribution in [0.4, 0.5) is 17.1 Å². The SMILES string of the molecule is Cc1cc(OC(=O)[C@@H]2CC(=O)N(c3ccc(C)c([N+](=O)[O-])c3)C2)ccc1N1C(=O)[C@@H]2[C@H]3C[C@@H]([C@H](Br)[C@@H]3Br)[C@@H]2C1=O. The highest BCUT2D eigenvalue weighted by Gasteiger charge is 2.66. The van der Waals surface area contributed by atoms with Gasteiger partial charge in [-0.15, -0.1) is 0 Å². The zero-order chi connectivity index (χ0) is 28.6. The molecule has 10 nitrogen and oxygen atoms in total. The average Bonchev–Trinajstić information content (AvgIpc) is 3.63. The van der Waals surface area contributed by atoms with E-state index in [-0.39, 0.29) is 75.4 Å². The van der Waals surface area contributed by atoms with Crippen molar-refractivity contribution >= 4 is 72.6 Å². The molecule has 2 saturated carbocycles. The van der Waals surface area contributed by atoms with Gasteiger partial charge in [0.15, 0.2) is 0 Å². The molecule has 208 valence electrons. The second-order valence-electron chi connectivity index (χ2n) is 11.0. The number of carbonyl (C=O) groups is 4. The number of alkyl halides is 2. The van der Waals surface area contributed by atoms with Gasteiger partial charge in [-0.3, -0.25) is 29.3 Å². The number of fused-ring (bicyclic) bond motifs is 5. The van der Waals surface area contributed by atoms with E-state index in [0.717, 1.165) is 6.42 Å². The van der Waals surface area contributed by atoms with Crippen molar-refractivity contribution in [2.75, 3.05) is 16.3 Å². The number of nitro groups is 1. The molecule has 2 aliphatic carbocycles. The first-order valence-corrected chi connectivity index (χ1v) is 14.8. The van der Waals surface area contributed by atoms with Gasteiger partial charge in [-0.1, -0.05) is 37.9 Å². The van der Waals surface area contributed by atoms with Crippen LogP contribution in [0.2, 0.25) is 0 Å². The number of imide groups is 1. The molecule has 40 heavy (non-hydrogen) atoms. The molecule has 0 spiro atoms. The molecule has 4 fully saturated rings. The summed E-state index contributed by atoms with van der Waals surface area (Å²) in [7, 11) is 0. The van der Waals surface area contributed by atoms with E-state index in [9.17, 15) is 29.3 Å². The first-order valence-electron chi connectivity index (χ1n) is 13.0. The van der Waals surface area contributed by atoms with Crippen LogP contribution in [0.5, 0.6) is 5.75 Å². The molecule has 6 rings (SSSR count). The lowest BCUT2D eigenvalue weighted by molar-refractivity contribution is -0.385. The minimum Gasteiger partial charge on any atom is -0.426 e. The molecule has 2 aromatic rings. The predicted molar refractivity (Wildman–Crippen MR) is 152 cm³/mol. The number of halogens is 2. The van der Waals surface area contributed by atoms with Gasteiger partial charge in [0.25, 0.3) is 5.69 Å². The zero-order valence-electron chi connectivity index (χ0n) is 21.6. The van der Waals surface area contributed by atoms with E-state index in [2.05, 4.69) is 31.9 Å². The number of aryl methyl sites for hydroxylation is 2. The molecule has 0 unspecified atom stereocenters. The Morgan fingerprint density at radius 3 is 2.23 bits per heavy atom. The standard InChI is InChI=1S/C28H25Br2N3O7/c1-12-3-4-15(9-20(12)33(38)39)31-11-14(8-21(31)34)28(37)40-16-5-6-19(13(2)7-16)32-26(35)22-17-10-18(23(22)27(32)36)25(30)24(17)29/h3-7,9,14,17-18,22-25H,8,10-11H2,1-2H3/t14-,17-,18-,22-,23+,24-,25+/m1/s1. The number of benzene rings is 2. The van der Waals surface area contributed by atoms with Crippen LogP contribution < -0.4 is 14.5 Å². The zero-order valence-corrected chi connectivity index (χ0v) is 24.8. The molecular weight excluding hydrogens is 650 g/mol. The van der Waals surface area contributed by atoms with Gasteiger partial charge >= 0.3 is 5.97 Å². The third kappa shape index (κ3) is 4.09. The van der Waals surface area contributed by atoms with E-state index in [0.29, 0.717) is 22.5 Å². The number of anilines is 2. The van der Waals surface area contributed by atoms with Crippen LogP contribution >= 0.6 is 31.9 Å². The van der Waals surface area contributed by atoms with E-state index >= 15 is 0 Å². The van der Waals surface area contributed by atoms with Crippen molar-refractivity contribution in [1.82, 2.24) is 0 Å². The third-order valence-electron chi connectivity index (χ3n) is 8.77. The molecule has 2 heterocycles. The molecule has 3 amide bonds. The summed E-state index contributed by atoms with van der Waals surface area (Å²) in [5.74, 6) is -2.23. The summed E-state index contributed by atoms with van der Waals surface area (Å²) in [4.78, 5) is 66.2. The minimum absolute atomic E-state index is 0.0416. The fourth-order valence-electron chi connectivity index (χ4n) is 6.81. The molecule has 4 aliphatic rings. The normalized spacial score (nSPS) is 30.8. The Kier molecular flexibility index (Phi) is 6.60. The molecular formula is C28H25Br2N3O7. The van der Waals surface area contributed by atoms with Crippen LogP contribution in [0.1, 0.15) is 24.0 Å². The Bertz CT molecular complexity index is 1460. The van der Waals surface area contributed by atoms with Crippen LogP contribution in [0.25, 0.3) is 0 Å². The Balaban J connectivity index is 1.16. The lowest BCUT2D eigenvalue weighted by atomic mass is 9.81. The van der Waals surface area contributed by atoms with Crippen LogP contribution in [0.15, 0.2) is 36.4 Å². The number of carbonyl (C=O) groups excluding carboxylic acids is 4. The quantitative estimate of drug-likeness (QED) is 0.115. The number of rotatable bonds is 5. The van der Waals surface area contributed by atoms with Crippen LogP contribution in [-0.4, -0.2) is 44.8 Å². The molecule has 7 atom stereocenters. The molecule has 2 bridgehead atoms. The minimum atomic E-state index is -0.751. The lowest BCUT2D eigenvalue weighted by Gasteiger charge is -2.28. The summed E-state index contributed by atoms with van der Waals surface area (Å²) in [6.45, 7) is 3.41. The second kappa shape index (κ2) is 9.76. The van der Waals surface area contributed by atoms with E-state index in [1.807, 2.05) is 0 Å². The summed E-state index contributed by atoms with van der Waals surface area (Å²) in [5, 5.41) is 11.3. The van der Waals surface area contributed by atoms with Gasteiger partial charge in [0.05, 0.1) is 34.1 Å². The molecule has 0 aromatic heterocycles. The molecule has 12 heteroatoms. The number of amides is 3. The van der Waals surface area contributed by atoms with Gasteiger partial charge in [-0.25, -0.2) is 4.90 Å². The van der Waals surface area contributed by atoms with Gasteiger partial charge in [0.2, 0.25) is 17.7 Å². The summed E-state index contributed by atoms with van der Waals surface area (Å²) in [6, 6.07) is 9.29. The largest absolute Gasteiger partial charge is 0.426 e. The third-order valence-corrected chi connectivity index (χ3v) is 12.0.